The molecule has 0 unspecified atom stereocenters. The molecule has 88 valence electrons. The van der Waals surface area contributed by atoms with Crippen molar-refractivity contribution in [2.24, 2.45) is 0 Å². The third-order valence-electron chi connectivity index (χ3n) is 1.94. The first-order valence-corrected chi connectivity index (χ1v) is 4.51. The Kier molecular flexibility index (Phi) is 3.95. The van der Waals surface area contributed by atoms with E-state index in [2.05, 4.69) is 4.74 Å². The molecule has 1 aromatic rings. The maximum Gasteiger partial charge on any atom is 0.419 e. The van der Waals surface area contributed by atoms with E-state index >= 15 is 0 Å². The second-order valence-electron chi connectivity index (χ2n) is 3.04. The Labute approximate surface area is 91.0 Å². The number of aliphatic hydroxyl groups is 1. The number of aliphatic hydroxyl groups excluding tert-OH is 1. The summed E-state index contributed by atoms with van der Waals surface area (Å²) >= 11 is 0. The predicted octanol–water partition coefficient (Wildman–Crippen LogP) is 2.72. The molecule has 0 spiro atoms. The van der Waals surface area contributed by atoms with Gasteiger partial charge in [0.1, 0.15) is 5.75 Å². The lowest BCUT2D eigenvalue weighted by molar-refractivity contribution is -0.138. The fraction of sp³-hybridized carbons (Fsp3) is 0.273. The van der Waals surface area contributed by atoms with Crippen LogP contribution in [0.1, 0.15) is 11.1 Å². The van der Waals surface area contributed by atoms with Crippen LogP contribution < -0.4 is 4.74 Å². The van der Waals surface area contributed by atoms with Gasteiger partial charge in [0.05, 0.1) is 19.3 Å². The van der Waals surface area contributed by atoms with E-state index in [9.17, 15) is 13.2 Å². The third-order valence-corrected chi connectivity index (χ3v) is 1.94. The molecule has 16 heavy (non-hydrogen) atoms. The van der Waals surface area contributed by atoms with E-state index in [1.165, 1.54) is 31.4 Å². The molecule has 0 aliphatic heterocycles. The van der Waals surface area contributed by atoms with E-state index in [0.717, 1.165) is 6.07 Å². The maximum absolute atomic E-state index is 12.6. The van der Waals surface area contributed by atoms with Gasteiger partial charge in [-0.25, -0.2) is 0 Å². The first kappa shape index (κ1) is 12.6. The molecular formula is C11H11F3O2. The Balaban J connectivity index is 3.16. The number of hydrogen-bond acceptors (Lipinski definition) is 2. The van der Waals surface area contributed by atoms with Gasteiger partial charge in [-0.1, -0.05) is 18.2 Å². The van der Waals surface area contributed by atoms with Gasteiger partial charge in [0, 0.05) is 0 Å². The molecule has 0 aliphatic carbocycles. The molecule has 1 aromatic carbocycles. The van der Waals surface area contributed by atoms with Crippen LogP contribution >= 0.6 is 0 Å². The summed E-state index contributed by atoms with van der Waals surface area (Å²) < 4.78 is 42.4. The van der Waals surface area contributed by atoms with Gasteiger partial charge < -0.3 is 9.84 Å². The highest BCUT2D eigenvalue weighted by Gasteiger charge is 2.34. The summed E-state index contributed by atoms with van der Waals surface area (Å²) in [4.78, 5) is 0. The van der Waals surface area contributed by atoms with Gasteiger partial charge in [0.2, 0.25) is 0 Å². The molecule has 0 radical (unpaired) electrons. The van der Waals surface area contributed by atoms with Gasteiger partial charge in [0.15, 0.2) is 0 Å². The van der Waals surface area contributed by atoms with Crippen LogP contribution in [0.25, 0.3) is 6.08 Å². The Morgan fingerprint density at radius 2 is 2.06 bits per heavy atom. The van der Waals surface area contributed by atoms with Crippen LogP contribution in [0.15, 0.2) is 24.3 Å². The Morgan fingerprint density at radius 1 is 1.38 bits per heavy atom. The summed E-state index contributed by atoms with van der Waals surface area (Å²) in [6.45, 7) is -0.215. The zero-order valence-corrected chi connectivity index (χ0v) is 8.58. The summed E-state index contributed by atoms with van der Waals surface area (Å²) in [6, 6.07) is 3.71. The SMILES string of the molecule is COc1ccc(/C=C/CO)cc1C(F)(F)F. The molecule has 2 nitrogen and oxygen atoms in total. The highest BCUT2D eigenvalue weighted by molar-refractivity contribution is 5.54. The molecule has 0 aliphatic rings. The van der Waals surface area contributed by atoms with Gasteiger partial charge >= 0.3 is 6.18 Å². The lowest BCUT2D eigenvalue weighted by Gasteiger charge is -2.12. The van der Waals surface area contributed by atoms with Gasteiger partial charge in [-0.05, 0) is 17.7 Å². The molecule has 0 bridgehead atoms. The Bertz CT molecular complexity index is 383. The monoisotopic (exact) mass is 232 g/mol. The van der Waals surface area contributed by atoms with Crippen LogP contribution in [-0.2, 0) is 6.18 Å². The van der Waals surface area contributed by atoms with Crippen molar-refractivity contribution in [1.29, 1.82) is 0 Å². The minimum absolute atomic E-state index is 0.214. The number of hydrogen-bond donors (Lipinski definition) is 1. The van der Waals surface area contributed by atoms with Gasteiger partial charge in [0.25, 0.3) is 0 Å². The third kappa shape index (κ3) is 3.00. The molecular weight excluding hydrogens is 221 g/mol. The zero-order chi connectivity index (χ0) is 12.2. The lowest BCUT2D eigenvalue weighted by Crippen LogP contribution is -2.07. The van der Waals surface area contributed by atoms with E-state index in [-0.39, 0.29) is 12.4 Å². The van der Waals surface area contributed by atoms with E-state index in [4.69, 9.17) is 5.11 Å². The highest BCUT2D eigenvalue weighted by atomic mass is 19.4. The van der Waals surface area contributed by atoms with Crippen molar-refractivity contribution in [2.75, 3.05) is 13.7 Å². The zero-order valence-electron chi connectivity index (χ0n) is 8.58. The van der Waals surface area contributed by atoms with Crippen molar-refractivity contribution in [2.45, 2.75) is 6.18 Å². The summed E-state index contributed by atoms with van der Waals surface area (Å²) in [7, 11) is 1.19. The molecule has 0 aromatic heterocycles. The quantitative estimate of drug-likeness (QED) is 0.868. The van der Waals surface area contributed by atoms with E-state index in [0.29, 0.717) is 5.56 Å². The van der Waals surface area contributed by atoms with E-state index in [1.807, 2.05) is 0 Å². The normalized spacial score (nSPS) is 12.1. The van der Waals surface area contributed by atoms with Gasteiger partial charge in [-0.2, -0.15) is 13.2 Å². The van der Waals surface area contributed by atoms with Crippen LogP contribution in [0, 0.1) is 0 Å². The summed E-state index contributed by atoms with van der Waals surface area (Å²) in [6.07, 6.45) is -1.68. The predicted molar refractivity (Wildman–Crippen MR) is 54.1 cm³/mol. The van der Waals surface area contributed by atoms with Crippen LogP contribution in [0.5, 0.6) is 5.75 Å². The number of benzene rings is 1. The highest BCUT2D eigenvalue weighted by Crippen LogP contribution is 2.36. The first-order valence-electron chi connectivity index (χ1n) is 4.51. The van der Waals surface area contributed by atoms with Crippen LogP contribution in [0.4, 0.5) is 13.2 Å². The van der Waals surface area contributed by atoms with Gasteiger partial charge in [-0.15, -0.1) is 0 Å². The minimum atomic E-state index is -4.45. The van der Waals surface area contributed by atoms with Crippen LogP contribution in [-0.4, -0.2) is 18.8 Å². The van der Waals surface area contributed by atoms with Crippen molar-refractivity contribution in [3.8, 4) is 5.75 Å². The second-order valence-corrected chi connectivity index (χ2v) is 3.04. The Morgan fingerprint density at radius 3 is 2.56 bits per heavy atom. The number of halogens is 3. The summed E-state index contributed by atoms with van der Waals surface area (Å²) in [5.41, 5.74) is -0.461. The molecule has 1 rings (SSSR count). The van der Waals surface area contributed by atoms with Crippen molar-refractivity contribution in [3.05, 3.63) is 35.4 Å². The molecule has 1 N–H and O–H groups in total. The van der Waals surface area contributed by atoms with Crippen molar-refractivity contribution in [3.63, 3.8) is 0 Å². The first-order chi connectivity index (χ1) is 7.49. The number of methoxy groups -OCH3 is 1. The van der Waals surface area contributed by atoms with E-state index in [1.54, 1.807) is 0 Å². The number of ether oxygens (including phenoxy) is 1. The standard InChI is InChI=1S/C11H11F3O2/c1-16-10-5-4-8(3-2-6-15)7-9(10)11(12,13)14/h2-5,7,15H,6H2,1H3/b3-2+. The van der Waals surface area contributed by atoms with Crippen molar-refractivity contribution >= 4 is 6.08 Å². The molecule has 5 heteroatoms. The minimum Gasteiger partial charge on any atom is -0.496 e. The Hall–Kier alpha value is -1.49. The van der Waals surface area contributed by atoms with Crippen molar-refractivity contribution in [1.82, 2.24) is 0 Å². The smallest absolute Gasteiger partial charge is 0.419 e. The van der Waals surface area contributed by atoms with Crippen LogP contribution in [0.3, 0.4) is 0 Å². The second kappa shape index (κ2) is 5.03. The van der Waals surface area contributed by atoms with Crippen molar-refractivity contribution < 1.29 is 23.0 Å². The van der Waals surface area contributed by atoms with E-state index < -0.39 is 11.7 Å². The molecule has 0 saturated heterocycles. The average molecular weight is 232 g/mol. The fourth-order valence-electron chi connectivity index (χ4n) is 1.24. The van der Waals surface area contributed by atoms with Crippen LogP contribution in [0.2, 0.25) is 0 Å². The average Bonchev–Trinajstić information content (AvgIpc) is 2.24. The molecule has 0 saturated carbocycles. The van der Waals surface area contributed by atoms with Gasteiger partial charge in [-0.3, -0.25) is 0 Å². The number of rotatable bonds is 3. The molecule has 0 fully saturated rings. The maximum atomic E-state index is 12.6. The topological polar surface area (TPSA) is 29.5 Å². The number of alkyl halides is 3. The molecule has 0 atom stereocenters. The fourth-order valence-corrected chi connectivity index (χ4v) is 1.24. The largest absolute Gasteiger partial charge is 0.496 e. The summed E-state index contributed by atoms with van der Waals surface area (Å²) in [5.74, 6) is -0.214. The molecule has 0 heterocycles. The summed E-state index contributed by atoms with van der Waals surface area (Å²) in [5, 5.41) is 8.52. The molecule has 0 amide bonds. The lowest BCUT2D eigenvalue weighted by atomic mass is 10.1.